The number of hydrogen-bond donors (Lipinski definition) is 1. The van der Waals surface area contributed by atoms with Crippen LogP contribution < -0.4 is 4.74 Å². The van der Waals surface area contributed by atoms with Crippen LogP contribution in [0.5, 0.6) is 5.75 Å². The number of ether oxygens (including phenoxy) is 1. The molecule has 0 aliphatic carbocycles. The lowest BCUT2D eigenvalue weighted by molar-refractivity contribution is -0.274. The summed E-state index contributed by atoms with van der Waals surface area (Å²) in [5.41, 5.74) is 1.49. The van der Waals surface area contributed by atoms with Crippen molar-refractivity contribution in [2.45, 2.75) is 65.3 Å². The minimum atomic E-state index is -4.77. The molecule has 2 saturated heterocycles. The molecule has 0 spiro atoms. The highest BCUT2D eigenvalue weighted by Crippen LogP contribution is 2.37. The Hall–Kier alpha value is -2.56. The van der Waals surface area contributed by atoms with Crippen molar-refractivity contribution in [1.29, 1.82) is 0 Å². The molecule has 218 valence electrons. The number of hydrogen-bond acceptors (Lipinski definition) is 5. The Balaban J connectivity index is 1.55. The number of halogens is 3. The second kappa shape index (κ2) is 12.5. The van der Waals surface area contributed by atoms with Gasteiger partial charge in [0, 0.05) is 32.1 Å². The van der Waals surface area contributed by atoms with Crippen molar-refractivity contribution in [2.24, 2.45) is 11.3 Å². The molecule has 6 nitrogen and oxygen atoms in total. The van der Waals surface area contributed by atoms with Crippen LogP contribution in [-0.2, 0) is 4.79 Å². The monoisotopic (exact) mass is 559 g/mol. The molecule has 2 aromatic carbocycles. The minimum absolute atomic E-state index is 0.0628. The molecule has 2 heterocycles. The van der Waals surface area contributed by atoms with Crippen LogP contribution in [0.4, 0.5) is 13.2 Å². The summed E-state index contributed by atoms with van der Waals surface area (Å²) in [5, 5.41) is 9.86. The molecule has 0 bridgehead atoms. The van der Waals surface area contributed by atoms with Gasteiger partial charge in [0.1, 0.15) is 5.75 Å². The van der Waals surface area contributed by atoms with E-state index in [2.05, 4.69) is 30.4 Å². The van der Waals surface area contributed by atoms with E-state index in [1.165, 1.54) is 12.1 Å². The van der Waals surface area contributed by atoms with E-state index in [-0.39, 0.29) is 29.2 Å². The van der Waals surface area contributed by atoms with Gasteiger partial charge in [-0.25, -0.2) is 0 Å². The van der Waals surface area contributed by atoms with E-state index in [0.717, 1.165) is 31.5 Å². The van der Waals surface area contributed by atoms with E-state index in [4.69, 9.17) is 0 Å². The lowest BCUT2D eigenvalue weighted by Gasteiger charge is -2.50. The summed E-state index contributed by atoms with van der Waals surface area (Å²) < 4.78 is 43.2. The molecule has 10 heteroatoms. The first-order chi connectivity index (χ1) is 18.8. The molecule has 2 aromatic rings. The van der Waals surface area contributed by atoms with Gasteiger partial charge in [0.25, 0.3) is 0 Å². The molecule has 2 fully saturated rings. The van der Waals surface area contributed by atoms with Crippen molar-refractivity contribution in [1.82, 2.24) is 14.6 Å². The largest absolute Gasteiger partial charge is 0.573 e. The molecule has 1 amide bonds. The summed E-state index contributed by atoms with van der Waals surface area (Å²) in [7, 11) is -0.465. The normalized spacial score (nSPS) is 20.8. The quantitative estimate of drug-likeness (QED) is 0.458. The third kappa shape index (κ3) is 7.80. The smallest absolute Gasteiger partial charge is 0.437 e. The molecule has 1 unspecified atom stereocenters. The van der Waals surface area contributed by atoms with E-state index in [0.29, 0.717) is 37.5 Å². The topological polar surface area (TPSA) is 56.2 Å². The van der Waals surface area contributed by atoms with Crippen LogP contribution in [0.3, 0.4) is 0 Å². The van der Waals surface area contributed by atoms with Gasteiger partial charge in [-0.2, -0.15) is 0 Å². The highest BCUT2D eigenvalue weighted by atomic mass is 19.4. The predicted molar refractivity (Wildman–Crippen MR) is 151 cm³/mol. The van der Waals surface area contributed by atoms with Crippen LogP contribution in [0.2, 0.25) is 6.82 Å². The molecule has 0 radical (unpaired) electrons. The van der Waals surface area contributed by atoms with Gasteiger partial charge < -0.3 is 19.5 Å². The van der Waals surface area contributed by atoms with Gasteiger partial charge in [-0.1, -0.05) is 63.2 Å². The molecule has 4 rings (SSSR count). The van der Waals surface area contributed by atoms with Crippen LogP contribution in [-0.4, -0.2) is 77.7 Å². The number of piperazine rings is 1. The number of nitrogens with zero attached hydrogens (tertiary/aromatic N) is 3. The number of piperidine rings is 1. The zero-order valence-corrected chi connectivity index (χ0v) is 23.9. The van der Waals surface area contributed by atoms with Crippen LogP contribution in [0.15, 0.2) is 54.6 Å². The number of carbonyl (C=O) groups excluding carboxylic acids is 1. The first-order valence-corrected chi connectivity index (χ1v) is 14.2. The molecule has 1 N–H and O–H groups in total. The Labute approximate surface area is 236 Å². The van der Waals surface area contributed by atoms with Gasteiger partial charge in [-0.15, -0.1) is 13.2 Å². The van der Waals surface area contributed by atoms with Gasteiger partial charge in [-0.05, 0) is 67.3 Å². The van der Waals surface area contributed by atoms with E-state index >= 15 is 0 Å². The van der Waals surface area contributed by atoms with E-state index in [1.54, 1.807) is 12.9 Å². The Kier molecular flexibility index (Phi) is 9.53. The third-order valence-corrected chi connectivity index (χ3v) is 8.26. The Morgan fingerprint density at radius 1 is 1.00 bits per heavy atom. The van der Waals surface area contributed by atoms with Gasteiger partial charge in [0.05, 0.1) is 6.04 Å². The van der Waals surface area contributed by atoms with Crippen LogP contribution in [0.25, 0.3) is 0 Å². The highest BCUT2D eigenvalue weighted by molar-refractivity contribution is 6.45. The molecule has 0 saturated carbocycles. The Morgan fingerprint density at radius 3 is 2.25 bits per heavy atom. The number of alkyl halides is 3. The van der Waals surface area contributed by atoms with Crippen LogP contribution >= 0.6 is 0 Å². The SMILES string of the molecule is CB(O)N1CCC(CC(=O)N2CCN(C(c3ccccc3)c3cccc(OC(F)(F)F)c3)C[C@@H]2C(C)(C)C)CC1. The summed E-state index contributed by atoms with van der Waals surface area (Å²) in [6.45, 7) is 11.5. The summed E-state index contributed by atoms with van der Waals surface area (Å²) in [5.74, 6) is 0.218. The van der Waals surface area contributed by atoms with E-state index in [1.807, 2.05) is 46.1 Å². The van der Waals surface area contributed by atoms with Crippen molar-refractivity contribution < 1.29 is 27.7 Å². The van der Waals surface area contributed by atoms with E-state index < -0.39 is 13.4 Å². The van der Waals surface area contributed by atoms with Crippen LogP contribution in [0.1, 0.15) is 57.2 Å². The maximum atomic E-state index is 13.7. The van der Waals surface area contributed by atoms with Gasteiger partial charge in [0.2, 0.25) is 5.91 Å². The zero-order chi connectivity index (χ0) is 29.1. The van der Waals surface area contributed by atoms with Crippen molar-refractivity contribution in [2.75, 3.05) is 32.7 Å². The van der Waals surface area contributed by atoms with Crippen molar-refractivity contribution in [3.8, 4) is 5.75 Å². The van der Waals surface area contributed by atoms with Crippen molar-refractivity contribution in [3.63, 3.8) is 0 Å². The summed E-state index contributed by atoms with van der Waals surface area (Å²) in [6, 6.07) is 15.6. The Bertz CT molecular complexity index is 1120. The number of amides is 1. The van der Waals surface area contributed by atoms with Crippen molar-refractivity contribution >= 4 is 13.0 Å². The fourth-order valence-electron chi connectivity index (χ4n) is 6.10. The van der Waals surface area contributed by atoms with Gasteiger partial charge >= 0.3 is 13.4 Å². The average Bonchev–Trinajstić information content (AvgIpc) is 2.88. The molecular weight excluding hydrogens is 518 g/mol. The van der Waals surface area contributed by atoms with Gasteiger partial charge in [0.15, 0.2) is 0 Å². The summed E-state index contributed by atoms with van der Waals surface area (Å²) in [6.07, 6.45) is -2.48. The predicted octanol–water partition coefficient (Wildman–Crippen LogP) is 5.45. The minimum Gasteiger partial charge on any atom is -0.437 e. The second-order valence-corrected chi connectivity index (χ2v) is 12.2. The lowest BCUT2D eigenvalue weighted by Crippen LogP contribution is -2.60. The van der Waals surface area contributed by atoms with Gasteiger partial charge in [-0.3, -0.25) is 9.69 Å². The molecule has 40 heavy (non-hydrogen) atoms. The number of benzene rings is 2. The molecule has 2 atom stereocenters. The highest BCUT2D eigenvalue weighted by Gasteiger charge is 2.41. The van der Waals surface area contributed by atoms with Crippen LogP contribution in [0, 0.1) is 11.3 Å². The fourth-order valence-corrected chi connectivity index (χ4v) is 6.10. The first-order valence-electron chi connectivity index (χ1n) is 14.2. The lowest BCUT2D eigenvalue weighted by atomic mass is 9.80. The third-order valence-electron chi connectivity index (χ3n) is 8.26. The Morgan fingerprint density at radius 2 is 1.65 bits per heavy atom. The first kappa shape index (κ1) is 30.4. The number of rotatable bonds is 7. The molecule has 2 aliphatic heterocycles. The molecular formula is C30H41BF3N3O3. The summed E-state index contributed by atoms with van der Waals surface area (Å²) >= 11 is 0. The second-order valence-electron chi connectivity index (χ2n) is 12.2. The maximum Gasteiger partial charge on any atom is 0.573 e. The number of carbonyl (C=O) groups is 1. The standard InChI is InChI=1S/C30H41BF3N3O3/c1-29(2,3)26-21-35(17-18-37(26)27(38)19-22-13-15-36(16-14-22)31(4)39)28(23-9-6-5-7-10-23)24-11-8-12-25(20-24)40-30(32,33)34/h5-12,20,22,26,28,39H,13-19,21H2,1-4H3/t26-,28?/m1/s1. The summed E-state index contributed by atoms with van der Waals surface area (Å²) in [4.78, 5) is 20.0. The molecule has 0 aromatic heterocycles. The fraction of sp³-hybridized carbons (Fsp3) is 0.567. The molecule has 2 aliphatic rings. The average molecular weight is 559 g/mol. The van der Waals surface area contributed by atoms with E-state index in [9.17, 15) is 23.0 Å². The zero-order valence-electron chi connectivity index (χ0n) is 23.9. The maximum absolute atomic E-state index is 13.7. The van der Waals surface area contributed by atoms with Crippen molar-refractivity contribution in [3.05, 3.63) is 65.7 Å².